The Bertz CT molecular complexity index is 1100. The van der Waals surface area contributed by atoms with Crippen LogP contribution in [0.5, 0.6) is 0 Å². The Kier molecular flexibility index (Phi) is 6.12. The van der Waals surface area contributed by atoms with Crippen molar-refractivity contribution < 1.29 is 23.6 Å². The molecule has 1 spiro atoms. The van der Waals surface area contributed by atoms with Crippen LogP contribution in [-0.4, -0.2) is 42.1 Å². The van der Waals surface area contributed by atoms with Crippen LogP contribution in [0.15, 0.2) is 29.0 Å². The lowest BCUT2D eigenvalue weighted by atomic mass is 9.75. The molecule has 180 valence electrons. The van der Waals surface area contributed by atoms with Crippen LogP contribution in [0.1, 0.15) is 66.6 Å². The zero-order valence-electron chi connectivity index (χ0n) is 19.3. The van der Waals surface area contributed by atoms with Crippen LogP contribution in [0.2, 0.25) is 0 Å². The monoisotopic (exact) mass is 466 g/mol. The summed E-state index contributed by atoms with van der Waals surface area (Å²) in [6.45, 7) is 2.85. The molecule has 1 atom stereocenters. The number of anilines is 2. The van der Waals surface area contributed by atoms with Crippen molar-refractivity contribution in [3.8, 4) is 0 Å². The molecular formula is C25H30N4O5. The molecule has 1 aromatic carbocycles. The summed E-state index contributed by atoms with van der Waals surface area (Å²) in [7, 11) is 0. The Morgan fingerprint density at radius 2 is 1.94 bits per heavy atom. The Labute approximate surface area is 198 Å². The van der Waals surface area contributed by atoms with E-state index >= 15 is 0 Å². The number of nitrogens with zero attached hydrogens (tertiary/aromatic N) is 1. The molecule has 3 amide bonds. The molecule has 5 rings (SSSR count). The number of aromatic nitrogens is 1. The van der Waals surface area contributed by atoms with E-state index in [4.69, 9.17) is 9.26 Å². The third-order valence-electron chi connectivity index (χ3n) is 7.48. The number of fused-ring (bicyclic) bond motifs is 2. The minimum absolute atomic E-state index is 0.00963. The summed E-state index contributed by atoms with van der Waals surface area (Å²) in [6, 6.07) is 4.86. The summed E-state index contributed by atoms with van der Waals surface area (Å²) in [5.74, 6) is -0.653. The molecule has 2 fully saturated rings. The van der Waals surface area contributed by atoms with Gasteiger partial charge < -0.3 is 25.2 Å². The van der Waals surface area contributed by atoms with E-state index in [0.29, 0.717) is 37.3 Å². The maximum atomic E-state index is 13.4. The van der Waals surface area contributed by atoms with Crippen molar-refractivity contribution in [2.45, 2.75) is 63.3 Å². The third-order valence-corrected chi connectivity index (χ3v) is 7.48. The van der Waals surface area contributed by atoms with Crippen LogP contribution in [0, 0.1) is 12.8 Å². The van der Waals surface area contributed by atoms with Gasteiger partial charge in [0.25, 0.3) is 5.91 Å². The molecule has 9 nitrogen and oxygen atoms in total. The second kappa shape index (κ2) is 9.21. The van der Waals surface area contributed by atoms with E-state index in [0.717, 1.165) is 43.4 Å². The van der Waals surface area contributed by atoms with Crippen LogP contribution in [0.3, 0.4) is 0 Å². The van der Waals surface area contributed by atoms with Crippen molar-refractivity contribution in [3.63, 3.8) is 0 Å². The minimum Gasteiger partial charge on any atom is -0.381 e. The summed E-state index contributed by atoms with van der Waals surface area (Å²) < 4.78 is 10.4. The van der Waals surface area contributed by atoms with Gasteiger partial charge in [0.1, 0.15) is 12.3 Å². The van der Waals surface area contributed by atoms with Gasteiger partial charge in [0.05, 0.1) is 5.41 Å². The standard InChI is InChI=1S/C25H30N4O5/c1-15-14-34-29-20(15)22(30)28-21(16-5-3-2-4-6-16)23(31)26-17-7-8-18-19(13-17)27-24(32)25(18)9-11-33-12-10-25/h7-8,13-14,16,21H,2-6,9-12H2,1H3,(H,26,31)(H,27,32)(H,28,30). The summed E-state index contributed by atoms with van der Waals surface area (Å²) in [5.41, 5.74) is 2.52. The second-order valence-electron chi connectivity index (χ2n) is 9.59. The van der Waals surface area contributed by atoms with E-state index in [1.54, 1.807) is 13.0 Å². The number of hydrogen-bond donors (Lipinski definition) is 3. The van der Waals surface area contributed by atoms with E-state index in [2.05, 4.69) is 21.1 Å². The molecule has 3 aliphatic rings. The number of nitrogens with one attached hydrogen (secondary N) is 3. The van der Waals surface area contributed by atoms with Gasteiger partial charge in [-0.3, -0.25) is 14.4 Å². The molecule has 1 saturated carbocycles. The fourth-order valence-electron chi connectivity index (χ4n) is 5.52. The average molecular weight is 467 g/mol. The largest absolute Gasteiger partial charge is 0.381 e. The summed E-state index contributed by atoms with van der Waals surface area (Å²) >= 11 is 0. The fraction of sp³-hybridized carbons (Fsp3) is 0.520. The molecule has 3 N–H and O–H groups in total. The van der Waals surface area contributed by atoms with Crippen molar-refractivity contribution in [2.24, 2.45) is 5.92 Å². The normalized spacial score (nSPS) is 20.4. The molecule has 9 heteroatoms. The average Bonchev–Trinajstić information content (AvgIpc) is 3.39. The first-order valence-electron chi connectivity index (χ1n) is 12.0. The Hall–Kier alpha value is -3.20. The van der Waals surface area contributed by atoms with Gasteiger partial charge in [-0.15, -0.1) is 0 Å². The predicted molar refractivity (Wildman–Crippen MR) is 125 cm³/mol. The van der Waals surface area contributed by atoms with Gasteiger partial charge in [-0.1, -0.05) is 30.5 Å². The fourth-order valence-corrected chi connectivity index (χ4v) is 5.52. The molecule has 1 saturated heterocycles. The minimum atomic E-state index is -0.686. The number of hydrogen-bond acceptors (Lipinski definition) is 6. The van der Waals surface area contributed by atoms with E-state index < -0.39 is 17.4 Å². The van der Waals surface area contributed by atoms with Crippen LogP contribution >= 0.6 is 0 Å². The van der Waals surface area contributed by atoms with E-state index in [1.807, 2.05) is 12.1 Å². The van der Waals surface area contributed by atoms with Crippen LogP contribution in [-0.2, 0) is 19.7 Å². The highest BCUT2D eigenvalue weighted by Crippen LogP contribution is 2.45. The Morgan fingerprint density at radius 1 is 1.18 bits per heavy atom. The van der Waals surface area contributed by atoms with Gasteiger partial charge in [0.15, 0.2) is 5.69 Å². The highest BCUT2D eigenvalue weighted by molar-refractivity contribution is 6.07. The molecular weight excluding hydrogens is 436 g/mol. The maximum Gasteiger partial charge on any atom is 0.274 e. The molecule has 2 aliphatic heterocycles. The summed E-state index contributed by atoms with van der Waals surface area (Å²) in [4.78, 5) is 39.0. The van der Waals surface area contributed by atoms with Gasteiger partial charge in [0.2, 0.25) is 11.8 Å². The van der Waals surface area contributed by atoms with E-state index in [1.165, 1.54) is 6.26 Å². The van der Waals surface area contributed by atoms with Gasteiger partial charge >= 0.3 is 0 Å². The topological polar surface area (TPSA) is 123 Å². The first kappa shape index (κ1) is 22.6. The lowest BCUT2D eigenvalue weighted by molar-refractivity contribution is -0.124. The zero-order chi connectivity index (χ0) is 23.7. The lowest BCUT2D eigenvalue weighted by Gasteiger charge is -2.31. The third kappa shape index (κ3) is 4.09. The van der Waals surface area contributed by atoms with Crippen LogP contribution in [0.25, 0.3) is 0 Å². The molecule has 3 heterocycles. The number of aryl methyl sites for hydroxylation is 1. The molecule has 0 bridgehead atoms. The SMILES string of the molecule is Cc1conc1C(=O)NC(C(=O)Nc1ccc2c(c1)NC(=O)C21CCOCC1)C1CCCCC1. The smallest absolute Gasteiger partial charge is 0.274 e. The number of ether oxygens (including phenoxy) is 1. The highest BCUT2D eigenvalue weighted by Gasteiger charge is 2.47. The maximum absolute atomic E-state index is 13.4. The van der Waals surface area contributed by atoms with Crippen molar-refractivity contribution >= 4 is 29.1 Å². The molecule has 34 heavy (non-hydrogen) atoms. The quantitative estimate of drug-likeness (QED) is 0.621. The predicted octanol–water partition coefficient (Wildman–Crippen LogP) is 3.30. The van der Waals surface area contributed by atoms with Gasteiger partial charge in [-0.05, 0) is 56.2 Å². The number of amides is 3. The molecule has 2 aromatic rings. The van der Waals surface area contributed by atoms with E-state index in [-0.39, 0.29) is 23.4 Å². The number of carbonyl (C=O) groups is 3. The van der Waals surface area contributed by atoms with Gasteiger partial charge in [-0.25, -0.2) is 0 Å². The molecule has 1 aromatic heterocycles. The zero-order valence-corrected chi connectivity index (χ0v) is 19.3. The number of carbonyl (C=O) groups excluding carboxylic acids is 3. The van der Waals surface area contributed by atoms with Crippen LogP contribution in [0.4, 0.5) is 11.4 Å². The number of benzene rings is 1. The van der Waals surface area contributed by atoms with Crippen molar-refractivity contribution in [1.82, 2.24) is 10.5 Å². The Morgan fingerprint density at radius 3 is 2.65 bits per heavy atom. The molecule has 1 aliphatic carbocycles. The summed E-state index contributed by atoms with van der Waals surface area (Å²) in [5, 5.41) is 12.6. The van der Waals surface area contributed by atoms with Crippen molar-refractivity contribution in [1.29, 1.82) is 0 Å². The van der Waals surface area contributed by atoms with Gasteiger partial charge in [-0.2, -0.15) is 0 Å². The molecule has 0 radical (unpaired) electrons. The summed E-state index contributed by atoms with van der Waals surface area (Å²) in [6.07, 6.45) is 7.66. The van der Waals surface area contributed by atoms with E-state index in [9.17, 15) is 14.4 Å². The highest BCUT2D eigenvalue weighted by atomic mass is 16.5. The van der Waals surface area contributed by atoms with Gasteiger partial charge in [0, 0.05) is 30.2 Å². The molecule has 1 unspecified atom stereocenters. The number of rotatable bonds is 5. The lowest BCUT2D eigenvalue weighted by Crippen LogP contribution is -2.49. The van der Waals surface area contributed by atoms with Crippen molar-refractivity contribution in [2.75, 3.05) is 23.8 Å². The van der Waals surface area contributed by atoms with Crippen molar-refractivity contribution in [3.05, 3.63) is 41.3 Å². The first-order chi connectivity index (χ1) is 16.5. The Balaban J connectivity index is 1.35. The van der Waals surface area contributed by atoms with Crippen LogP contribution < -0.4 is 16.0 Å². The first-order valence-corrected chi connectivity index (χ1v) is 12.0. The second-order valence-corrected chi connectivity index (χ2v) is 9.59.